The van der Waals surface area contributed by atoms with E-state index in [1.54, 1.807) is 0 Å². The average molecular weight is 262 g/mol. The van der Waals surface area contributed by atoms with Crippen LogP contribution in [0.2, 0.25) is 0 Å². The molecule has 0 aromatic heterocycles. The van der Waals surface area contributed by atoms with E-state index in [0.29, 0.717) is 5.92 Å². The van der Waals surface area contributed by atoms with Crippen LogP contribution in [-0.4, -0.2) is 6.61 Å². The molecule has 19 heavy (non-hydrogen) atoms. The first-order valence-corrected chi connectivity index (χ1v) is 7.88. The number of unbranched alkanes of at least 4 members (excludes halogenated alkanes) is 5. The van der Waals surface area contributed by atoms with Crippen LogP contribution in [0, 0.1) is 6.92 Å². The molecule has 0 saturated heterocycles. The Kier molecular flexibility index (Phi) is 7.62. The lowest BCUT2D eigenvalue weighted by molar-refractivity contribution is 0.302. The molecule has 1 heteroatoms. The Morgan fingerprint density at radius 3 is 2.37 bits per heavy atom. The molecule has 0 aliphatic carbocycles. The SMILES string of the molecule is CCCCCCCCOc1cc(C(C)C)ccc1C. The summed E-state index contributed by atoms with van der Waals surface area (Å²) in [6.07, 6.45) is 7.88. The molecule has 0 saturated carbocycles. The Morgan fingerprint density at radius 1 is 1.00 bits per heavy atom. The van der Waals surface area contributed by atoms with Crippen molar-refractivity contribution in [2.75, 3.05) is 6.61 Å². The Hall–Kier alpha value is -0.980. The van der Waals surface area contributed by atoms with Crippen molar-refractivity contribution in [1.82, 2.24) is 0 Å². The molecular formula is C18H30O. The van der Waals surface area contributed by atoms with Gasteiger partial charge in [-0.3, -0.25) is 0 Å². The number of hydrogen-bond acceptors (Lipinski definition) is 1. The van der Waals surface area contributed by atoms with Crippen molar-refractivity contribution in [1.29, 1.82) is 0 Å². The van der Waals surface area contributed by atoms with E-state index < -0.39 is 0 Å². The summed E-state index contributed by atoms with van der Waals surface area (Å²) in [5.74, 6) is 1.64. The number of benzene rings is 1. The van der Waals surface area contributed by atoms with Gasteiger partial charge in [0.25, 0.3) is 0 Å². The van der Waals surface area contributed by atoms with Gasteiger partial charge in [0, 0.05) is 0 Å². The van der Waals surface area contributed by atoms with Crippen LogP contribution < -0.4 is 4.74 Å². The lowest BCUT2D eigenvalue weighted by Crippen LogP contribution is -2.00. The molecule has 0 unspecified atom stereocenters. The summed E-state index contributed by atoms with van der Waals surface area (Å²) in [5.41, 5.74) is 2.61. The molecule has 1 nitrogen and oxygen atoms in total. The molecule has 1 aromatic carbocycles. The summed E-state index contributed by atoms with van der Waals surface area (Å²) in [5, 5.41) is 0. The second-order valence-electron chi connectivity index (χ2n) is 5.80. The molecule has 0 heterocycles. The predicted octanol–water partition coefficient (Wildman–Crippen LogP) is 5.86. The van der Waals surface area contributed by atoms with Crippen LogP contribution in [0.25, 0.3) is 0 Å². The molecule has 1 rings (SSSR count). The average Bonchev–Trinajstić information content (AvgIpc) is 2.39. The fourth-order valence-corrected chi connectivity index (χ4v) is 2.20. The van der Waals surface area contributed by atoms with E-state index in [-0.39, 0.29) is 0 Å². The molecule has 0 fully saturated rings. The Bertz CT molecular complexity index is 355. The highest BCUT2D eigenvalue weighted by Gasteiger charge is 2.04. The zero-order valence-corrected chi connectivity index (χ0v) is 13.2. The van der Waals surface area contributed by atoms with Gasteiger partial charge < -0.3 is 4.74 Å². The van der Waals surface area contributed by atoms with Crippen molar-refractivity contribution in [3.8, 4) is 5.75 Å². The lowest BCUT2D eigenvalue weighted by atomic mass is 10.0. The Balaban J connectivity index is 2.30. The number of ether oxygens (including phenoxy) is 1. The third-order valence-corrected chi connectivity index (χ3v) is 3.63. The van der Waals surface area contributed by atoms with Crippen LogP contribution in [0.5, 0.6) is 5.75 Å². The van der Waals surface area contributed by atoms with Gasteiger partial charge in [0.2, 0.25) is 0 Å². The fraction of sp³-hybridized carbons (Fsp3) is 0.667. The first kappa shape index (κ1) is 16.1. The van der Waals surface area contributed by atoms with Gasteiger partial charge >= 0.3 is 0 Å². The van der Waals surface area contributed by atoms with E-state index in [1.807, 2.05) is 0 Å². The van der Waals surface area contributed by atoms with E-state index in [2.05, 4.69) is 45.9 Å². The molecule has 0 aliphatic rings. The van der Waals surface area contributed by atoms with Crippen molar-refractivity contribution in [2.24, 2.45) is 0 Å². The van der Waals surface area contributed by atoms with E-state index in [1.165, 1.54) is 49.7 Å². The van der Waals surface area contributed by atoms with Crippen LogP contribution >= 0.6 is 0 Å². The zero-order chi connectivity index (χ0) is 14.1. The van der Waals surface area contributed by atoms with Crippen molar-refractivity contribution in [3.05, 3.63) is 29.3 Å². The predicted molar refractivity (Wildman–Crippen MR) is 84.1 cm³/mol. The second-order valence-corrected chi connectivity index (χ2v) is 5.80. The zero-order valence-electron chi connectivity index (χ0n) is 13.2. The maximum absolute atomic E-state index is 5.93. The minimum Gasteiger partial charge on any atom is -0.493 e. The van der Waals surface area contributed by atoms with Gasteiger partial charge in [-0.2, -0.15) is 0 Å². The van der Waals surface area contributed by atoms with Gasteiger partial charge in [-0.15, -0.1) is 0 Å². The first-order chi connectivity index (χ1) is 9.15. The molecule has 0 atom stereocenters. The third kappa shape index (κ3) is 6.13. The van der Waals surface area contributed by atoms with E-state index in [0.717, 1.165) is 12.4 Å². The van der Waals surface area contributed by atoms with Crippen LogP contribution in [0.1, 0.15) is 76.3 Å². The van der Waals surface area contributed by atoms with Crippen LogP contribution in [0.3, 0.4) is 0 Å². The quantitative estimate of drug-likeness (QED) is 0.507. The maximum Gasteiger partial charge on any atom is 0.122 e. The topological polar surface area (TPSA) is 9.23 Å². The second kappa shape index (κ2) is 9.01. The minimum absolute atomic E-state index is 0.567. The van der Waals surface area contributed by atoms with Crippen molar-refractivity contribution in [3.63, 3.8) is 0 Å². The molecule has 0 amide bonds. The van der Waals surface area contributed by atoms with Crippen molar-refractivity contribution in [2.45, 2.75) is 72.1 Å². The summed E-state index contributed by atoms with van der Waals surface area (Å²) < 4.78 is 5.93. The van der Waals surface area contributed by atoms with Crippen LogP contribution in [-0.2, 0) is 0 Å². The van der Waals surface area contributed by atoms with E-state index in [4.69, 9.17) is 4.74 Å². The van der Waals surface area contributed by atoms with Gasteiger partial charge in [-0.25, -0.2) is 0 Å². The molecule has 0 radical (unpaired) electrons. The molecule has 0 N–H and O–H groups in total. The summed E-state index contributed by atoms with van der Waals surface area (Å²) in [7, 11) is 0. The highest BCUT2D eigenvalue weighted by atomic mass is 16.5. The fourth-order valence-electron chi connectivity index (χ4n) is 2.20. The minimum atomic E-state index is 0.567. The Labute approximate surface area is 119 Å². The summed E-state index contributed by atoms with van der Waals surface area (Å²) >= 11 is 0. The lowest BCUT2D eigenvalue weighted by Gasteiger charge is -2.12. The third-order valence-electron chi connectivity index (χ3n) is 3.63. The van der Waals surface area contributed by atoms with Crippen molar-refractivity contribution >= 4 is 0 Å². The Morgan fingerprint density at radius 2 is 1.68 bits per heavy atom. The van der Waals surface area contributed by atoms with Gasteiger partial charge in [-0.1, -0.05) is 65.0 Å². The molecule has 0 bridgehead atoms. The highest BCUT2D eigenvalue weighted by Crippen LogP contribution is 2.24. The molecule has 0 aliphatic heterocycles. The molecule has 108 valence electrons. The standard InChI is InChI=1S/C18H30O/c1-5-6-7-8-9-10-13-19-18-14-17(15(2)3)12-11-16(18)4/h11-12,14-15H,5-10,13H2,1-4H3. The highest BCUT2D eigenvalue weighted by molar-refractivity contribution is 5.37. The van der Waals surface area contributed by atoms with Gasteiger partial charge in [0.05, 0.1) is 6.61 Å². The first-order valence-electron chi connectivity index (χ1n) is 7.88. The van der Waals surface area contributed by atoms with Gasteiger partial charge in [0.1, 0.15) is 5.75 Å². The van der Waals surface area contributed by atoms with E-state index in [9.17, 15) is 0 Å². The summed E-state index contributed by atoms with van der Waals surface area (Å²) in [6.45, 7) is 9.69. The van der Waals surface area contributed by atoms with Crippen LogP contribution in [0.15, 0.2) is 18.2 Å². The number of hydrogen-bond donors (Lipinski definition) is 0. The summed E-state index contributed by atoms with van der Waals surface area (Å²) in [4.78, 5) is 0. The van der Waals surface area contributed by atoms with E-state index >= 15 is 0 Å². The number of aryl methyl sites for hydroxylation is 1. The van der Waals surface area contributed by atoms with Crippen LogP contribution in [0.4, 0.5) is 0 Å². The molecular weight excluding hydrogens is 232 g/mol. The number of rotatable bonds is 9. The monoisotopic (exact) mass is 262 g/mol. The van der Waals surface area contributed by atoms with Gasteiger partial charge in [-0.05, 0) is 36.5 Å². The normalized spacial score (nSPS) is 11.0. The largest absolute Gasteiger partial charge is 0.493 e. The maximum atomic E-state index is 5.93. The molecule has 0 spiro atoms. The van der Waals surface area contributed by atoms with Crippen molar-refractivity contribution < 1.29 is 4.74 Å². The molecule has 1 aromatic rings. The van der Waals surface area contributed by atoms with Gasteiger partial charge in [0.15, 0.2) is 0 Å². The summed E-state index contributed by atoms with van der Waals surface area (Å²) in [6, 6.07) is 6.58. The smallest absolute Gasteiger partial charge is 0.122 e.